The Labute approximate surface area is 117 Å². The van der Waals surface area contributed by atoms with Crippen LogP contribution in [-0.4, -0.2) is 19.2 Å². The Morgan fingerprint density at radius 3 is 2.37 bits per heavy atom. The lowest BCUT2D eigenvalue weighted by Crippen LogP contribution is -2.11. The summed E-state index contributed by atoms with van der Waals surface area (Å²) >= 11 is 0. The molecule has 2 aromatic rings. The maximum absolute atomic E-state index is 11.2. The quantitative estimate of drug-likeness (QED) is 0.622. The second-order valence-electron chi connectivity index (χ2n) is 4.12. The van der Waals surface area contributed by atoms with Crippen molar-refractivity contribution >= 4 is 19.5 Å². The summed E-state index contributed by atoms with van der Waals surface area (Å²) in [5, 5.41) is 5.67. The van der Waals surface area contributed by atoms with E-state index in [-0.39, 0.29) is 12.0 Å². The first-order valence-corrected chi connectivity index (χ1v) is 7.70. The van der Waals surface area contributed by atoms with Crippen molar-refractivity contribution in [1.29, 1.82) is 1.43 Å². The highest BCUT2D eigenvalue weighted by Crippen LogP contribution is 2.50. The van der Waals surface area contributed by atoms with Gasteiger partial charge in [-0.25, -0.2) is 0 Å². The monoisotopic (exact) mass is 274 g/mol. The maximum Gasteiger partial charge on any atom is 0.211 e. The maximum atomic E-state index is 11.2. The Hall–Kier alpha value is -1.50. The van der Waals surface area contributed by atoms with Crippen LogP contribution in [0.15, 0.2) is 60.7 Å². The molecule has 0 saturated heterocycles. The molecule has 0 aliphatic carbocycles. The standard InChI is InChI=1S/C16H17O2P/c17-12-11-16(14-7-3-1-4-8-14)19(13-18)15-9-5-2-6-10-15/h1-10,12,16,18H,11,13H2/i11D,18D. The van der Waals surface area contributed by atoms with Gasteiger partial charge in [-0.3, -0.25) is 0 Å². The summed E-state index contributed by atoms with van der Waals surface area (Å²) < 4.78 is 15.2. The first-order chi connectivity index (χ1) is 10.3. The summed E-state index contributed by atoms with van der Waals surface area (Å²) in [7, 11) is -0.969. The van der Waals surface area contributed by atoms with E-state index in [0.29, 0.717) is 6.29 Å². The van der Waals surface area contributed by atoms with Gasteiger partial charge in [0.05, 0.1) is 6.35 Å². The molecule has 2 nitrogen and oxygen atoms in total. The molecular weight excluding hydrogens is 255 g/mol. The molecule has 0 amide bonds. The Balaban J connectivity index is 2.43. The van der Waals surface area contributed by atoms with Crippen LogP contribution in [0.25, 0.3) is 0 Å². The van der Waals surface area contributed by atoms with Gasteiger partial charge in [0.25, 0.3) is 0 Å². The Morgan fingerprint density at radius 2 is 1.79 bits per heavy atom. The molecule has 98 valence electrons. The van der Waals surface area contributed by atoms with Crippen molar-refractivity contribution in [2.45, 2.75) is 12.1 Å². The molecule has 2 rings (SSSR count). The number of carbonyl (C=O) groups excluding carboxylic acids is 1. The van der Waals surface area contributed by atoms with Gasteiger partial charge in [-0.2, -0.15) is 0 Å². The molecule has 2 aromatic carbocycles. The first kappa shape index (κ1) is 11.3. The summed E-state index contributed by atoms with van der Waals surface area (Å²) in [4.78, 5) is 11.2. The fourth-order valence-electron chi connectivity index (χ4n) is 2.05. The summed E-state index contributed by atoms with van der Waals surface area (Å²) in [6, 6.07) is 19.3. The van der Waals surface area contributed by atoms with Gasteiger partial charge in [0, 0.05) is 13.4 Å². The van der Waals surface area contributed by atoms with Crippen LogP contribution in [0.2, 0.25) is 0 Å². The zero-order valence-corrected chi connectivity index (χ0v) is 11.4. The predicted octanol–water partition coefficient (Wildman–Crippen LogP) is 3.07. The van der Waals surface area contributed by atoms with Crippen LogP contribution in [-0.2, 0) is 4.79 Å². The fraction of sp³-hybridized carbons (Fsp3) is 0.188. The average Bonchev–Trinajstić information content (AvgIpc) is 2.56. The lowest BCUT2D eigenvalue weighted by atomic mass is 10.1. The molecule has 0 spiro atoms. The highest BCUT2D eigenvalue weighted by molar-refractivity contribution is 7.65. The number of aldehydes is 1. The van der Waals surface area contributed by atoms with E-state index in [2.05, 4.69) is 5.11 Å². The van der Waals surface area contributed by atoms with E-state index in [1.165, 1.54) is 0 Å². The Bertz CT molecular complexity index is 551. The molecule has 0 aliphatic rings. The smallest absolute Gasteiger partial charge is 0.211 e. The lowest BCUT2D eigenvalue weighted by Gasteiger charge is -2.25. The predicted molar refractivity (Wildman–Crippen MR) is 79.9 cm³/mol. The van der Waals surface area contributed by atoms with Gasteiger partial charge in [0.2, 0.25) is 1.43 Å². The largest absolute Gasteiger partial charge is 0.392 e. The topological polar surface area (TPSA) is 37.3 Å². The van der Waals surface area contributed by atoms with Gasteiger partial charge in [-0.05, 0) is 18.8 Å². The normalized spacial score (nSPS) is 16.8. The highest BCUT2D eigenvalue weighted by Gasteiger charge is 2.23. The molecule has 3 atom stereocenters. The number of rotatable bonds is 7. The van der Waals surface area contributed by atoms with E-state index < -0.39 is 14.3 Å². The van der Waals surface area contributed by atoms with Gasteiger partial charge in [-0.15, -0.1) is 0 Å². The van der Waals surface area contributed by atoms with Crippen molar-refractivity contribution in [2.75, 3.05) is 6.35 Å². The average molecular weight is 274 g/mol. The van der Waals surface area contributed by atoms with Crippen LogP contribution < -0.4 is 5.30 Å². The van der Waals surface area contributed by atoms with Crippen molar-refractivity contribution in [3.8, 4) is 0 Å². The number of aliphatic hydroxyl groups is 1. The molecule has 0 bridgehead atoms. The number of aliphatic hydroxyl groups excluding tert-OH is 1. The molecule has 1 N–H and O–H groups in total. The van der Waals surface area contributed by atoms with Crippen molar-refractivity contribution in [2.24, 2.45) is 0 Å². The van der Waals surface area contributed by atoms with Gasteiger partial charge in [0.1, 0.15) is 6.29 Å². The lowest BCUT2D eigenvalue weighted by molar-refractivity contribution is -0.107. The second kappa shape index (κ2) is 7.18. The number of hydrogen-bond acceptors (Lipinski definition) is 2. The Morgan fingerprint density at radius 1 is 1.16 bits per heavy atom. The van der Waals surface area contributed by atoms with Gasteiger partial charge in [0.15, 0.2) is 0 Å². The van der Waals surface area contributed by atoms with Crippen molar-refractivity contribution in [1.82, 2.24) is 0 Å². The molecule has 19 heavy (non-hydrogen) atoms. The van der Waals surface area contributed by atoms with Gasteiger partial charge in [-0.1, -0.05) is 60.7 Å². The van der Waals surface area contributed by atoms with Gasteiger partial charge < -0.3 is 9.90 Å². The minimum atomic E-state index is -0.969. The molecule has 0 radical (unpaired) electrons. The third-order valence-electron chi connectivity index (χ3n) is 2.96. The molecule has 0 aromatic heterocycles. The zero-order chi connectivity index (χ0) is 15.1. The van der Waals surface area contributed by atoms with Crippen LogP contribution in [0.4, 0.5) is 0 Å². The fourth-order valence-corrected chi connectivity index (χ4v) is 4.05. The van der Waals surface area contributed by atoms with Crippen LogP contribution in [0.3, 0.4) is 0 Å². The molecule has 0 fully saturated rings. The molecule has 3 heteroatoms. The van der Waals surface area contributed by atoms with E-state index in [4.69, 9.17) is 2.80 Å². The zero-order valence-electron chi connectivity index (χ0n) is 12.5. The third-order valence-corrected chi connectivity index (χ3v) is 5.35. The van der Waals surface area contributed by atoms with Crippen molar-refractivity contribution < 1.29 is 11.3 Å². The van der Waals surface area contributed by atoms with E-state index in [1.807, 2.05) is 60.7 Å². The molecule has 0 saturated carbocycles. The van der Waals surface area contributed by atoms with E-state index in [0.717, 1.165) is 10.9 Å². The van der Waals surface area contributed by atoms with E-state index in [9.17, 15) is 4.79 Å². The molecule has 0 heterocycles. The number of hydrogen-bond donors (Lipinski definition) is 1. The second-order valence-corrected chi connectivity index (χ2v) is 6.39. The minimum absolute atomic E-state index is 0.210. The highest BCUT2D eigenvalue weighted by atomic mass is 31.1. The van der Waals surface area contributed by atoms with Crippen LogP contribution in [0.1, 0.15) is 19.0 Å². The molecule has 3 unspecified atom stereocenters. The van der Waals surface area contributed by atoms with E-state index in [1.54, 1.807) is 0 Å². The molecular formula is C16H17O2P. The first-order valence-electron chi connectivity index (χ1n) is 7.08. The number of carbonyl (C=O) groups is 1. The molecule has 0 aliphatic heterocycles. The van der Waals surface area contributed by atoms with Crippen LogP contribution in [0.5, 0.6) is 0 Å². The summed E-state index contributed by atoms with van der Waals surface area (Å²) in [5.41, 5.74) is 0.670. The Kier molecular flexibility index (Phi) is 4.28. The van der Waals surface area contributed by atoms with Gasteiger partial charge >= 0.3 is 0 Å². The van der Waals surface area contributed by atoms with Crippen molar-refractivity contribution in [3.63, 3.8) is 0 Å². The van der Waals surface area contributed by atoms with Crippen molar-refractivity contribution in [3.05, 3.63) is 66.2 Å². The van der Waals surface area contributed by atoms with Crippen LogP contribution in [0, 0.1) is 0 Å². The van der Waals surface area contributed by atoms with Crippen LogP contribution >= 0.6 is 7.92 Å². The summed E-state index contributed by atoms with van der Waals surface area (Å²) in [6.07, 6.45) is 0.0102. The minimum Gasteiger partial charge on any atom is -0.392 e. The summed E-state index contributed by atoms with van der Waals surface area (Å²) in [6.45, 7) is 0. The third kappa shape index (κ3) is 3.50. The number of benzene rings is 2. The van der Waals surface area contributed by atoms with E-state index >= 15 is 0 Å². The SMILES string of the molecule is [2H]OCP(c1ccccc1)C(c1ccccc1)C([2H])C=O. The summed E-state index contributed by atoms with van der Waals surface area (Å²) in [5.74, 6) is 0.